The van der Waals surface area contributed by atoms with Gasteiger partial charge in [0, 0.05) is 0 Å². The quantitative estimate of drug-likeness (QED) is 0.134. The molecule has 8 aromatic carbocycles. The molecule has 0 fully saturated rings. The van der Waals surface area contributed by atoms with Gasteiger partial charge in [0.25, 0.3) is 0 Å². The molecule has 0 saturated carbocycles. The number of benzene rings is 8. The lowest BCUT2D eigenvalue weighted by Crippen LogP contribution is -1.99. The van der Waals surface area contributed by atoms with E-state index in [1.54, 1.807) is 0 Å². The van der Waals surface area contributed by atoms with Crippen LogP contribution in [-0.4, -0.2) is 0 Å². The molecule has 8 aromatic rings. The largest absolute Gasteiger partial charge is 0.105 e. The van der Waals surface area contributed by atoms with Crippen LogP contribution >= 0.6 is 9.24 Å². The summed E-state index contributed by atoms with van der Waals surface area (Å²) in [6.07, 6.45) is 5.71. The first-order valence-corrected chi connectivity index (χ1v) is 17.4. The number of hydrogen-bond donors (Lipinski definition) is 0. The maximum absolute atomic E-state index is 2.87. The van der Waals surface area contributed by atoms with Crippen LogP contribution in [0, 0.1) is 0 Å². The fraction of sp³-hybridized carbons (Fsp3) is 0.0638. The van der Waals surface area contributed by atoms with Crippen molar-refractivity contribution in [2.45, 2.75) is 19.3 Å². The Bertz CT molecular complexity index is 2550. The molecule has 0 N–H and O–H groups in total. The minimum atomic E-state index is 0.592. The standard InChI is InChI=1S/C47H35P/c1-30-5-4-6-40-28-39(21-23-43(30)40)38-18-17-36-25-34(15-16-37(36)26-38)31-9-11-32(12-10-31)35-22-24-44-41(27-35)19-13-33-14-20-42(29-46(33)44)45-7-2-3-8-47(45)48/h2-4,6-30H,5,48H2,1H3. The number of hydrogen-bond acceptors (Lipinski definition) is 0. The molecule has 0 heterocycles. The fourth-order valence-electron chi connectivity index (χ4n) is 7.50. The van der Waals surface area contributed by atoms with Crippen LogP contribution in [0.3, 0.4) is 0 Å². The molecule has 1 aliphatic carbocycles. The Morgan fingerprint density at radius 3 is 1.75 bits per heavy atom. The van der Waals surface area contributed by atoms with Gasteiger partial charge in [-0.05, 0) is 136 Å². The monoisotopic (exact) mass is 630 g/mol. The minimum Gasteiger partial charge on any atom is -0.105 e. The summed E-state index contributed by atoms with van der Waals surface area (Å²) < 4.78 is 0. The summed E-state index contributed by atoms with van der Waals surface area (Å²) in [5, 5.41) is 8.85. The summed E-state index contributed by atoms with van der Waals surface area (Å²) in [4.78, 5) is 0. The van der Waals surface area contributed by atoms with E-state index in [4.69, 9.17) is 0 Å². The van der Waals surface area contributed by atoms with Crippen LogP contribution < -0.4 is 5.30 Å². The van der Waals surface area contributed by atoms with Crippen molar-refractivity contribution >= 4 is 52.9 Å². The van der Waals surface area contributed by atoms with Gasteiger partial charge in [-0.25, -0.2) is 0 Å². The molecule has 1 heteroatoms. The summed E-state index contributed by atoms with van der Waals surface area (Å²) in [6, 6.07) is 56.4. The molecular formula is C47H35P. The second-order valence-corrected chi connectivity index (χ2v) is 13.9. The van der Waals surface area contributed by atoms with E-state index >= 15 is 0 Å². The van der Waals surface area contributed by atoms with Gasteiger partial charge in [-0.2, -0.15) is 0 Å². The Morgan fingerprint density at radius 2 is 1.00 bits per heavy atom. The van der Waals surface area contributed by atoms with Crippen LogP contribution in [0.15, 0.2) is 158 Å². The minimum absolute atomic E-state index is 0.592. The first kappa shape index (κ1) is 28.9. The molecule has 0 radical (unpaired) electrons. The fourth-order valence-corrected chi connectivity index (χ4v) is 7.87. The van der Waals surface area contributed by atoms with Crippen molar-refractivity contribution in [2.75, 3.05) is 0 Å². The lowest BCUT2D eigenvalue weighted by molar-refractivity contribution is 0.772. The van der Waals surface area contributed by atoms with E-state index in [1.165, 1.54) is 93.3 Å². The molecule has 9 rings (SSSR count). The molecule has 0 amide bonds. The van der Waals surface area contributed by atoms with Crippen molar-refractivity contribution in [1.29, 1.82) is 0 Å². The Hall–Kier alpha value is -5.29. The van der Waals surface area contributed by atoms with E-state index in [0.29, 0.717) is 5.92 Å². The van der Waals surface area contributed by atoms with E-state index in [1.807, 2.05) is 0 Å². The van der Waals surface area contributed by atoms with Gasteiger partial charge in [0.15, 0.2) is 0 Å². The van der Waals surface area contributed by atoms with Gasteiger partial charge in [0.05, 0.1) is 0 Å². The highest BCUT2D eigenvalue weighted by Gasteiger charge is 2.14. The van der Waals surface area contributed by atoms with Crippen molar-refractivity contribution in [3.63, 3.8) is 0 Å². The number of allylic oxidation sites excluding steroid dienone is 1. The molecule has 0 aromatic heterocycles. The number of rotatable bonds is 4. The van der Waals surface area contributed by atoms with Crippen LogP contribution in [0.5, 0.6) is 0 Å². The van der Waals surface area contributed by atoms with E-state index in [2.05, 4.69) is 180 Å². The Morgan fingerprint density at radius 1 is 0.458 bits per heavy atom. The third-order valence-electron chi connectivity index (χ3n) is 10.2. The molecule has 1 aliphatic rings. The summed E-state index contributed by atoms with van der Waals surface area (Å²) in [6.45, 7) is 2.31. The lowest BCUT2D eigenvalue weighted by Gasteiger charge is -2.18. The smallest absolute Gasteiger partial charge is 0.00992 e. The highest BCUT2D eigenvalue weighted by Crippen LogP contribution is 2.36. The predicted molar refractivity (Wildman–Crippen MR) is 212 cm³/mol. The Kier molecular flexibility index (Phi) is 7.07. The van der Waals surface area contributed by atoms with Gasteiger partial charge >= 0.3 is 0 Å². The van der Waals surface area contributed by atoms with E-state index in [0.717, 1.165) is 6.42 Å². The SMILES string of the molecule is CC1CC=Cc2cc(-c3ccc4cc(-c5ccc(-c6ccc7c(ccc8ccc(-c9ccccc9P)cc87)c6)cc5)ccc4c3)ccc21. The van der Waals surface area contributed by atoms with Crippen molar-refractivity contribution in [3.8, 4) is 44.5 Å². The van der Waals surface area contributed by atoms with E-state index < -0.39 is 0 Å². The molecule has 0 spiro atoms. The van der Waals surface area contributed by atoms with Crippen molar-refractivity contribution < 1.29 is 0 Å². The maximum atomic E-state index is 2.87. The zero-order valence-corrected chi connectivity index (χ0v) is 28.1. The first-order chi connectivity index (χ1) is 23.6. The topological polar surface area (TPSA) is 0 Å². The third kappa shape index (κ3) is 5.14. The summed E-state index contributed by atoms with van der Waals surface area (Å²) in [7, 11) is 2.87. The maximum Gasteiger partial charge on any atom is -0.00992 e. The van der Waals surface area contributed by atoms with Crippen LogP contribution in [-0.2, 0) is 0 Å². The summed E-state index contributed by atoms with van der Waals surface area (Å²) >= 11 is 0. The molecule has 0 saturated heterocycles. The van der Waals surface area contributed by atoms with Crippen LogP contribution in [0.25, 0.3) is 82.9 Å². The van der Waals surface area contributed by atoms with Crippen LogP contribution in [0.2, 0.25) is 0 Å². The highest BCUT2D eigenvalue weighted by molar-refractivity contribution is 7.28. The van der Waals surface area contributed by atoms with Gasteiger partial charge in [0.1, 0.15) is 0 Å². The summed E-state index contributed by atoms with van der Waals surface area (Å²) in [5.41, 5.74) is 12.8. The average Bonchev–Trinajstić information content (AvgIpc) is 3.14. The van der Waals surface area contributed by atoms with Gasteiger partial charge in [-0.3, -0.25) is 0 Å². The molecule has 2 atom stereocenters. The van der Waals surface area contributed by atoms with E-state index in [9.17, 15) is 0 Å². The van der Waals surface area contributed by atoms with Gasteiger partial charge in [-0.1, -0.05) is 140 Å². The molecule has 0 aliphatic heterocycles. The van der Waals surface area contributed by atoms with Gasteiger partial charge in [-0.15, -0.1) is 9.24 Å². The van der Waals surface area contributed by atoms with Gasteiger partial charge < -0.3 is 0 Å². The summed E-state index contributed by atoms with van der Waals surface area (Å²) in [5.74, 6) is 0.592. The van der Waals surface area contributed by atoms with Crippen molar-refractivity contribution in [1.82, 2.24) is 0 Å². The number of fused-ring (bicyclic) bond motifs is 5. The zero-order valence-electron chi connectivity index (χ0n) is 27.0. The predicted octanol–water partition coefficient (Wildman–Crippen LogP) is 12.8. The second kappa shape index (κ2) is 11.7. The van der Waals surface area contributed by atoms with Crippen LogP contribution in [0.1, 0.15) is 30.4 Å². The van der Waals surface area contributed by atoms with Crippen molar-refractivity contribution in [2.24, 2.45) is 0 Å². The highest BCUT2D eigenvalue weighted by atomic mass is 31.0. The molecule has 0 nitrogen and oxygen atoms in total. The molecular weight excluding hydrogens is 595 g/mol. The normalized spacial score (nSPS) is 14.1. The molecule has 0 bridgehead atoms. The van der Waals surface area contributed by atoms with Crippen molar-refractivity contribution in [3.05, 3.63) is 169 Å². The van der Waals surface area contributed by atoms with Crippen LogP contribution in [0.4, 0.5) is 0 Å². The zero-order chi connectivity index (χ0) is 32.2. The first-order valence-electron chi connectivity index (χ1n) is 16.8. The second-order valence-electron chi connectivity index (χ2n) is 13.3. The molecule has 2 unspecified atom stereocenters. The Labute approximate surface area is 284 Å². The average molecular weight is 631 g/mol. The Balaban J connectivity index is 0.994. The third-order valence-corrected chi connectivity index (χ3v) is 10.7. The molecule has 228 valence electrons. The lowest BCUT2D eigenvalue weighted by atomic mass is 9.86. The molecule has 48 heavy (non-hydrogen) atoms. The van der Waals surface area contributed by atoms with E-state index in [-0.39, 0.29) is 0 Å². The van der Waals surface area contributed by atoms with Gasteiger partial charge in [0.2, 0.25) is 0 Å².